The van der Waals surface area contributed by atoms with Crippen molar-refractivity contribution in [1.82, 2.24) is 15.2 Å². The molecule has 0 unspecified atom stereocenters. The minimum atomic E-state index is -0.0850. The number of aromatic nitrogens is 1. The number of hydrogen-bond donors (Lipinski definition) is 1. The van der Waals surface area contributed by atoms with Crippen molar-refractivity contribution in [3.05, 3.63) is 42.4 Å². The molecule has 1 atom stereocenters. The van der Waals surface area contributed by atoms with Crippen LogP contribution in [0.2, 0.25) is 0 Å². The number of nitrogens with zero attached hydrogens (tertiary/aromatic N) is 2. The monoisotopic (exact) mass is 343 g/mol. The van der Waals surface area contributed by atoms with Gasteiger partial charge in [0, 0.05) is 25.3 Å². The van der Waals surface area contributed by atoms with E-state index < -0.39 is 0 Å². The molecule has 1 N–H and O–H groups in total. The van der Waals surface area contributed by atoms with Crippen molar-refractivity contribution >= 4 is 6.03 Å². The summed E-state index contributed by atoms with van der Waals surface area (Å²) in [7, 11) is 0. The standard InChI is InChI=1S/C19H25N3O3/c1-14(2)17-12-22(9-6-10-24-17)19(23)20-11-16-18(25-13-21-16)15-7-4-3-5-8-15/h3-5,7-8,13-14,17H,6,9-12H2,1-2H3,(H,20,23)/t17-/m0/s1. The van der Waals surface area contributed by atoms with Gasteiger partial charge >= 0.3 is 6.03 Å². The zero-order chi connectivity index (χ0) is 17.6. The van der Waals surface area contributed by atoms with E-state index in [1.54, 1.807) is 0 Å². The summed E-state index contributed by atoms with van der Waals surface area (Å²) >= 11 is 0. The molecular formula is C19H25N3O3. The second-order valence-electron chi connectivity index (χ2n) is 6.61. The lowest BCUT2D eigenvalue weighted by molar-refractivity contribution is 0.0267. The zero-order valence-corrected chi connectivity index (χ0v) is 14.8. The minimum Gasteiger partial charge on any atom is -0.443 e. The maximum absolute atomic E-state index is 12.6. The van der Waals surface area contributed by atoms with Gasteiger partial charge in [0.25, 0.3) is 0 Å². The molecule has 2 heterocycles. The number of benzene rings is 1. The van der Waals surface area contributed by atoms with Gasteiger partial charge in [-0.3, -0.25) is 0 Å². The van der Waals surface area contributed by atoms with E-state index >= 15 is 0 Å². The molecule has 1 aliphatic heterocycles. The Balaban J connectivity index is 1.62. The fraction of sp³-hybridized carbons (Fsp3) is 0.474. The quantitative estimate of drug-likeness (QED) is 0.925. The van der Waals surface area contributed by atoms with Gasteiger partial charge in [0.1, 0.15) is 5.69 Å². The first-order chi connectivity index (χ1) is 12.1. The van der Waals surface area contributed by atoms with Crippen molar-refractivity contribution in [2.45, 2.75) is 32.9 Å². The van der Waals surface area contributed by atoms with Crippen molar-refractivity contribution in [2.75, 3.05) is 19.7 Å². The van der Waals surface area contributed by atoms with Crippen LogP contribution in [-0.2, 0) is 11.3 Å². The molecule has 0 saturated carbocycles. The zero-order valence-electron chi connectivity index (χ0n) is 14.8. The fourth-order valence-electron chi connectivity index (χ4n) is 2.93. The highest BCUT2D eigenvalue weighted by Crippen LogP contribution is 2.22. The van der Waals surface area contributed by atoms with Crippen molar-refractivity contribution in [3.63, 3.8) is 0 Å². The third-order valence-corrected chi connectivity index (χ3v) is 4.42. The summed E-state index contributed by atoms with van der Waals surface area (Å²) in [5.41, 5.74) is 1.68. The molecule has 0 radical (unpaired) electrons. The number of ether oxygens (including phenoxy) is 1. The normalized spacial score (nSPS) is 18.2. The topological polar surface area (TPSA) is 67.6 Å². The van der Waals surface area contributed by atoms with E-state index in [0.29, 0.717) is 37.9 Å². The van der Waals surface area contributed by atoms with E-state index in [1.165, 1.54) is 6.39 Å². The van der Waals surface area contributed by atoms with Gasteiger partial charge < -0.3 is 19.4 Å². The Bertz CT molecular complexity index is 684. The van der Waals surface area contributed by atoms with Crippen LogP contribution < -0.4 is 5.32 Å². The summed E-state index contributed by atoms with van der Waals surface area (Å²) in [6, 6.07) is 9.69. The first-order valence-corrected chi connectivity index (χ1v) is 8.77. The van der Waals surface area contributed by atoms with Crippen LogP contribution in [0.5, 0.6) is 0 Å². The molecule has 6 nitrogen and oxygen atoms in total. The Morgan fingerprint density at radius 2 is 2.16 bits per heavy atom. The number of hydrogen-bond acceptors (Lipinski definition) is 4. The summed E-state index contributed by atoms with van der Waals surface area (Å²) in [5.74, 6) is 1.08. The maximum Gasteiger partial charge on any atom is 0.317 e. The highest BCUT2D eigenvalue weighted by Gasteiger charge is 2.24. The van der Waals surface area contributed by atoms with Gasteiger partial charge in [-0.1, -0.05) is 44.2 Å². The molecule has 6 heteroatoms. The smallest absolute Gasteiger partial charge is 0.317 e. The number of oxazole rings is 1. The number of nitrogens with one attached hydrogen (secondary N) is 1. The maximum atomic E-state index is 12.6. The number of amides is 2. The SMILES string of the molecule is CC(C)[C@@H]1CN(C(=O)NCc2ncoc2-c2ccccc2)CCCO1. The lowest BCUT2D eigenvalue weighted by atomic mass is 10.1. The molecule has 2 aromatic rings. The first kappa shape index (κ1) is 17.5. The second kappa shape index (κ2) is 8.16. The Hall–Kier alpha value is -2.34. The van der Waals surface area contributed by atoms with E-state index in [4.69, 9.17) is 9.15 Å². The highest BCUT2D eigenvalue weighted by atomic mass is 16.5. The molecular weight excluding hydrogens is 318 g/mol. The molecule has 1 fully saturated rings. The van der Waals surface area contributed by atoms with E-state index in [9.17, 15) is 4.79 Å². The molecule has 25 heavy (non-hydrogen) atoms. The molecule has 0 bridgehead atoms. The Morgan fingerprint density at radius 3 is 2.92 bits per heavy atom. The average Bonchev–Trinajstić information content (AvgIpc) is 2.95. The van der Waals surface area contributed by atoms with Crippen LogP contribution in [0, 0.1) is 5.92 Å². The van der Waals surface area contributed by atoms with Crippen LogP contribution in [-0.4, -0.2) is 41.7 Å². The van der Waals surface area contributed by atoms with Gasteiger partial charge in [-0.05, 0) is 12.3 Å². The highest BCUT2D eigenvalue weighted by molar-refractivity contribution is 5.74. The second-order valence-corrected chi connectivity index (χ2v) is 6.61. The first-order valence-electron chi connectivity index (χ1n) is 8.77. The van der Waals surface area contributed by atoms with Crippen molar-refractivity contribution in [2.24, 2.45) is 5.92 Å². The molecule has 0 aliphatic carbocycles. The third-order valence-electron chi connectivity index (χ3n) is 4.42. The van der Waals surface area contributed by atoms with Crippen LogP contribution in [0.4, 0.5) is 4.79 Å². The van der Waals surface area contributed by atoms with Gasteiger partial charge in [0.05, 0.1) is 12.6 Å². The molecule has 1 aromatic carbocycles. The molecule has 134 valence electrons. The average molecular weight is 343 g/mol. The van der Waals surface area contributed by atoms with E-state index in [1.807, 2.05) is 35.2 Å². The largest absolute Gasteiger partial charge is 0.443 e. The lowest BCUT2D eigenvalue weighted by Crippen LogP contribution is -2.44. The minimum absolute atomic E-state index is 0.0835. The molecule has 0 spiro atoms. The van der Waals surface area contributed by atoms with E-state index in [-0.39, 0.29) is 12.1 Å². The number of carbonyl (C=O) groups excluding carboxylic acids is 1. The molecule has 1 aromatic heterocycles. The number of rotatable bonds is 4. The van der Waals surface area contributed by atoms with Crippen molar-refractivity contribution in [3.8, 4) is 11.3 Å². The molecule has 1 aliphatic rings. The van der Waals surface area contributed by atoms with Crippen LogP contribution in [0.3, 0.4) is 0 Å². The van der Waals surface area contributed by atoms with Gasteiger partial charge in [0.15, 0.2) is 12.2 Å². The fourth-order valence-corrected chi connectivity index (χ4v) is 2.93. The van der Waals surface area contributed by atoms with Crippen molar-refractivity contribution in [1.29, 1.82) is 0 Å². The molecule has 2 amide bonds. The Labute approximate surface area is 148 Å². The Kier molecular flexibility index (Phi) is 5.71. The third kappa shape index (κ3) is 4.39. The van der Waals surface area contributed by atoms with Crippen LogP contribution in [0.15, 0.2) is 41.1 Å². The predicted octanol–water partition coefficient (Wildman–Crippen LogP) is 3.30. The summed E-state index contributed by atoms with van der Waals surface area (Å²) in [5, 5.41) is 2.96. The van der Waals surface area contributed by atoms with Crippen LogP contribution in [0.1, 0.15) is 26.0 Å². The summed E-state index contributed by atoms with van der Waals surface area (Å²) in [6.07, 6.45) is 2.36. The predicted molar refractivity (Wildman–Crippen MR) is 94.9 cm³/mol. The lowest BCUT2D eigenvalue weighted by Gasteiger charge is -2.26. The Morgan fingerprint density at radius 1 is 1.36 bits per heavy atom. The number of urea groups is 1. The van der Waals surface area contributed by atoms with Crippen LogP contribution >= 0.6 is 0 Å². The van der Waals surface area contributed by atoms with Crippen molar-refractivity contribution < 1.29 is 13.9 Å². The van der Waals surface area contributed by atoms with E-state index in [0.717, 1.165) is 17.7 Å². The molecule has 3 rings (SSSR count). The summed E-state index contributed by atoms with van der Waals surface area (Å²) < 4.78 is 11.3. The van der Waals surface area contributed by atoms with Gasteiger partial charge in [-0.25, -0.2) is 9.78 Å². The van der Waals surface area contributed by atoms with Gasteiger partial charge in [-0.2, -0.15) is 0 Å². The molecule has 1 saturated heterocycles. The summed E-state index contributed by atoms with van der Waals surface area (Å²) in [6.45, 7) is 6.60. The van der Waals surface area contributed by atoms with Gasteiger partial charge in [-0.15, -0.1) is 0 Å². The summed E-state index contributed by atoms with van der Waals surface area (Å²) in [4.78, 5) is 18.6. The number of carbonyl (C=O) groups is 1. The van der Waals surface area contributed by atoms with Gasteiger partial charge in [0.2, 0.25) is 0 Å². The van der Waals surface area contributed by atoms with Crippen LogP contribution in [0.25, 0.3) is 11.3 Å². The van der Waals surface area contributed by atoms with E-state index in [2.05, 4.69) is 24.1 Å².